The van der Waals surface area contributed by atoms with E-state index >= 15 is 0 Å². The van der Waals surface area contributed by atoms with E-state index < -0.39 is 0 Å². The average molecular weight is 543 g/mol. The van der Waals surface area contributed by atoms with E-state index in [-0.39, 0.29) is 11.9 Å². The Morgan fingerprint density at radius 2 is 1.62 bits per heavy atom. The van der Waals surface area contributed by atoms with Crippen molar-refractivity contribution in [2.24, 2.45) is 5.92 Å². The van der Waals surface area contributed by atoms with Gasteiger partial charge in [0.25, 0.3) is 5.91 Å². The minimum Gasteiger partial charge on any atom is -0.493 e. The van der Waals surface area contributed by atoms with Crippen LogP contribution in [0.4, 0.5) is 5.69 Å². The van der Waals surface area contributed by atoms with Gasteiger partial charge in [0.05, 0.1) is 26.4 Å². The fraction of sp³-hybridized carbons (Fsp3) is 0.394. The SMILES string of the molecule is CCOC(=O)c1ccc(-c2cccc(N(CC3CCCN3CC3CC3)C(=O)c3ccc(OC)c(OC)c3)c2)cc1. The average Bonchev–Trinajstić information content (AvgIpc) is 3.71. The first-order chi connectivity index (χ1) is 19.5. The maximum Gasteiger partial charge on any atom is 0.338 e. The van der Waals surface area contributed by atoms with Gasteiger partial charge in [-0.25, -0.2) is 4.79 Å². The van der Waals surface area contributed by atoms with Crippen molar-refractivity contribution < 1.29 is 23.8 Å². The molecule has 0 bridgehead atoms. The van der Waals surface area contributed by atoms with Gasteiger partial charge in [-0.2, -0.15) is 0 Å². The van der Waals surface area contributed by atoms with Gasteiger partial charge >= 0.3 is 5.97 Å². The minimum atomic E-state index is -0.332. The number of carbonyl (C=O) groups excluding carboxylic acids is 2. The lowest BCUT2D eigenvalue weighted by atomic mass is 10.0. The van der Waals surface area contributed by atoms with Crippen molar-refractivity contribution in [3.05, 3.63) is 77.9 Å². The van der Waals surface area contributed by atoms with Gasteiger partial charge < -0.3 is 19.1 Å². The lowest BCUT2D eigenvalue weighted by Gasteiger charge is -2.31. The maximum atomic E-state index is 14.1. The number of nitrogens with zero attached hydrogens (tertiary/aromatic N) is 2. The Bertz CT molecular complexity index is 1330. The molecule has 40 heavy (non-hydrogen) atoms. The highest BCUT2D eigenvalue weighted by Gasteiger charge is 2.33. The number of hydrogen-bond donors (Lipinski definition) is 0. The van der Waals surface area contributed by atoms with E-state index in [4.69, 9.17) is 14.2 Å². The van der Waals surface area contributed by atoms with Crippen molar-refractivity contribution in [1.29, 1.82) is 0 Å². The van der Waals surface area contributed by atoms with Crippen LogP contribution in [0, 0.1) is 5.92 Å². The molecular weight excluding hydrogens is 504 g/mol. The summed E-state index contributed by atoms with van der Waals surface area (Å²) < 4.78 is 16.0. The Morgan fingerprint density at radius 3 is 2.33 bits per heavy atom. The second-order valence-corrected chi connectivity index (χ2v) is 10.6. The number of methoxy groups -OCH3 is 2. The molecule has 2 aliphatic rings. The third-order valence-corrected chi connectivity index (χ3v) is 7.84. The zero-order chi connectivity index (χ0) is 28.1. The first-order valence-electron chi connectivity index (χ1n) is 14.2. The molecule has 0 aromatic heterocycles. The third kappa shape index (κ3) is 6.31. The minimum absolute atomic E-state index is 0.0750. The number of carbonyl (C=O) groups is 2. The summed E-state index contributed by atoms with van der Waals surface area (Å²) in [6, 6.07) is 21.1. The molecule has 1 heterocycles. The molecule has 1 saturated carbocycles. The first kappa shape index (κ1) is 27.7. The number of esters is 1. The van der Waals surface area contributed by atoms with Gasteiger partial charge in [-0.3, -0.25) is 9.69 Å². The number of benzene rings is 3. The Labute approximate surface area is 236 Å². The predicted octanol–water partition coefficient (Wildman–Crippen LogP) is 6.07. The van der Waals surface area contributed by atoms with E-state index in [1.807, 2.05) is 35.2 Å². The van der Waals surface area contributed by atoms with Crippen LogP contribution >= 0.6 is 0 Å². The highest BCUT2D eigenvalue weighted by atomic mass is 16.5. The molecule has 1 saturated heterocycles. The summed E-state index contributed by atoms with van der Waals surface area (Å²) in [6.45, 7) is 4.96. The zero-order valence-corrected chi connectivity index (χ0v) is 23.6. The monoisotopic (exact) mass is 542 g/mol. The van der Waals surface area contributed by atoms with Crippen LogP contribution in [0.1, 0.15) is 53.3 Å². The molecular formula is C33H38N2O5. The summed E-state index contributed by atoms with van der Waals surface area (Å²) >= 11 is 0. The Morgan fingerprint density at radius 1 is 0.875 bits per heavy atom. The van der Waals surface area contributed by atoms with Crippen LogP contribution in [0.3, 0.4) is 0 Å². The molecule has 7 heteroatoms. The first-order valence-corrected chi connectivity index (χ1v) is 14.2. The second-order valence-electron chi connectivity index (χ2n) is 10.6. The quantitative estimate of drug-likeness (QED) is 0.274. The van der Waals surface area contributed by atoms with Gasteiger partial charge in [-0.15, -0.1) is 0 Å². The van der Waals surface area contributed by atoms with Crippen LogP contribution in [0.5, 0.6) is 11.5 Å². The molecule has 5 rings (SSSR count). The van der Waals surface area contributed by atoms with Crippen molar-refractivity contribution in [2.45, 2.75) is 38.6 Å². The van der Waals surface area contributed by atoms with Crippen molar-refractivity contribution in [2.75, 3.05) is 45.4 Å². The predicted molar refractivity (Wildman–Crippen MR) is 156 cm³/mol. The number of ether oxygens (including phenoxy) is 3. The van der Waals surface area contributed by atoms with Crippen LogP contribution in [0.15, 0.2) is 66.7 Å². The van der Waals surface area contributed by atoms with Gasteiger partial charge in [0.2, 0.25) is 0 Å². The van der Waals surface area contributed by atoms with Gasteiger partial charge in [0.1, 0.15) is 0 Å². The largest absolute Gasteiger partial charge is 0.493 e. The van der Waals surface area contributed by atoms with E-state index in [0.29, 0.717) is 41.8 Å². The summed E-state index contributed by atoms with van der Waals surface area (Å²) in [4.78, 5) is 30.7. The number of hydrogen-bond acceptors (Lipinski definition) is 6. The topological polar surface area (TPSA) is 68.3 Å². The summed E-state index contributed by atoms with van der Waals surface area (Å²) in [6.07, 6.45) is 4.86. The number of likely N-dealkylation sites (tertiary alicyclic amines) is 1. The molecule has 3 aromatic carbocycles. The van der Waals surface area contributed by atoms with Crippen LogP contribution < -0.4 is 14.4 Å². The molecule has 1 atom stereocenters. The van der Waals surface area contributed by atoms with Crippen LogP contribution in [0.2, 0.25) is 0 Å². The Kier molecular flexibility index (Phi) is 8.70. The fourth-order valence-corrected chi connectivity index (χ4v) is 5.48. The number of rotatable bonds is 11. The van der Waals surface area contributed by atoms with E-state index in [0.717, 1.165) is 48.7 Å². The number of anilines is 1. The van der Waals surface area contributed by atoms with Crippen LogP contribution in [-0.2, 0) is 4.74 Å². The highest BCUT2D eigenvalue weighted by Crippen LogP contribution is 2.34. The standard InChI is InChI=1S/C33H38N2O5/c1-4-40-33(37)25-14-12-24(13-15-25)26-7-5-8-28(19-26)35(22-29-9-6-18-34(29)21-23-10-11-23)32(36)27-16-17-30(38-2)31(20-27)39-3/h5,7-8,12-17,19-20,23,29H,4,6,9-11,18,21-22H2,1-3H3. The van der Waals surface area contributed by atoms with Crippen molar-refractivity contribution >= 4 is 17.6 Å². The van der Waals surface area contributed by atoms with E-state index in [9.17, 15) is 9.59 Å². The molecule has 1 aliphatic heterocycles. The summed E-state index contributed by atoms with van der Waals surface area (Å²) in [5.74, 6) is 1.51. The lowest BCUT2D eigenvalue weighted by Crippen LogP contribution is -2.44. The Hall–Kier alpha value is -3.84. The number of amides is 1. The van der Waals surface area contributed by atoms with Gasteiger partial charge in [0.15, 0.2) is 11.5 Å². The lowest BCUT2D eigenvalue weighted by molar-refractivity contribution is 0.0526. The van der Waals surface area contributed by atoms with E-state index in [1.54, 1.807) is 51.5 Å². The second kappa shape index (κ2) is 12.6. The summed E-state index contributed by atoms with van der Waals surface area (Å²) in [5.41, 5.74) is 3.84. The Balaban J connectivity index is 1.46. The smallest absolute Gasteiger partial charge is 0.338 e. The molecule has 1 amide bonds. The van der Waals surface area contributed by atoms with Crippen LogP contribution in [0.25, 0.3) is 11.1 Å². The highest BCUT2D eigenvalue weighted by molar-refractivity contribution is 6.06. The molecule has 7 nitrogen and oxygen atoms in total. The van der Waals surface area contributed by atoms with Crippen molar-refractivity contribution in [3.63, 3.8) is 0 Å². The molecule has 0 N–H and O–H groups in total. The molecule has 1 aliphatic carbocycles. The normalized spacial score (nSPS) is 16.9. The van der Waals surface area contributed by atoms with E-state index in [2.05, 4.69) is 11.0 Å². The summed E-state index contributed by atoms with van der Waals surface area (Å²) in [7, 11) is 3.17. The van der Waals surface area contributed by atoms with Gasteiger partial charge in [0, 0.05) is 30.4 Å². The molecule has 1 unspecified atom stereocenters. The molecule has 2 fully saturated rings. The molecule has 210 valence electrons. The third-order valence-electron chi connectivity index (χ3n) is 7.84. The molecule has 0 radical (unpaired) electrons. The summed E-state index contributed by atoms with van der Waals surface area (Å²) in [5, 5.41) is 0. The van der Waals surface area contributed by atoms with Crippen molar-refractivity contribution in [3.8, 4) is 22.6 Å². The van der Waals surface area contributed by atoms with Gasteiger partial charge in [-0.05, 0) is 98.7 Å². The van der Waals surface area contributed by atoms with Crippen molar-refractivity contribution in [1.82, 2.24) is 4.90 Å². The van der Waals surface area contributed by atoms with E-state index in [1.165, 1.54) is 12.8 Å². The zero-order valence-electron chi connectivity index (χ0n) is 23.6. The maximum absolute atomic E-state index is 14.1. The van der Waals surface area contributed by atoms with Gasteiger partial charge in [-0.1, -0.05) is 24.3 Å². The molecule has 3 aromatic rings. The fourth-order valence-electron chi connectivity index (χ4n) is 5.48. The van der Waals surface area contributed by atoms with Crippen LogP contribution in [-0.4, -0.2) is 63.3 Å². The molecule has 0 spiro atoms.